The first-order valence-corrected chi connectivity index (χ1v) is 18.5. The highest BCUT2D eigenvalue weighted by Gasteiger charge is 2.53. The van der Waals surface area contributed by atoms with Crippen molar-refractivity contribution in [2.45, 2.75) is 179 Å². The maximum absolute atomic E-state index is 14.1. The van der Waals surface area contributed by atoms with Gasteiger partial charge in [-0.15, -0.1) is 0 Å². The highest BCUT2D eigenvalue weighted by molar-refractivity contribution is 5.83. The number of hydrogen-bond donors (Lipinski definition) is 5. The van der Waals surface area contributed by atoms with Gasteiger partial charge in [0.2, 0.25) is 0 Å². The Hall–Kier alpha value is -1.30. The number of esters is 1. The molecule has 298 valence electrons. The Labute approximate surface area is 304 Å². The molecule has 8 unspecified atom stereocenters. The second kappa shape index (κ2) is 17.0. The minimum atomic E-state index is -1.99. The van der Waals surface area contributed by atoms with Gasteiger partial charge in [0.05, 0.1) is 47.6 Å². The standard InChI is InChI=1S/C37H67NO13/c1-14-25-37(10,45)30(41)20(4)27(39)18(2)16-35(8,44)32(51-34-28(40)24(38(11)12)15-19(3)47-34)21(5)29(22(6)33(43)49-25)50-26-17-36(9,46-13)31(42)23(7)48-26/h18-26,28-32,34,40-42,44-45H,14-17H2,1-13H3/t18-,19?,20-,21?,22?,23?,24?,25?,26+,28-,29?,30-,31+,32-,34?,35+,36-,37-/m1/s1. The number of aliphatic hydroxyl groups is 5. The molecule has 14 heteroatoms. The first-order valence-electron chi connectivity index (χ1n) is 18.5. The second-order valence-electron chi connectivity index (χ2n) is 16.5. The van der Waals surface area contributed by atoms with Gasteiger partial charge < -0.3 is 58.9 Å². The van der Waals surface area contributed by atoms with Gasteiger partial charge in [0.1, 0.15) is 29.7 Å². The van der Waals surface area contributed by atoms with E-state index >= 15 is 0 Å². The van der Waals surface area contributed by atoms with Crippen LogP contribution in [0.4, 0.5) is 0 Å². The largest absolute Gasteiger partial charge is 0.459 e. The summed E-state index contributed by atoms with van der Waals surface area (Å²) in [7, 11) is 5.18. The number of aliphatic hydroxyl groups excluding tert-OH is 3. The monoisotopic (exact) mass is 733 g/mol. The molecule has 18 atom stereocenters. The molecule has 0 saturated carbocycles. The zero-order valence-electron chi connectivity index (χ0n) is 32.9. The van der Waals surface area contributed by atoms with Crippen molar-refractivity contribution < 1.29 is 63.5 Å². The van der Waals surface area contributed by atoms with Gasteiger partial charge in [0.15, 0.2) is 12.6 Å². The van der Waals surface area contributed by atoms with Crippen molar-refractivity contribution >= 4 is 11.8 Å². The Bertz CT molecular complexity index is 1170. The average molecular weight is 734 g/mol. The number of methoxy groups -OCH3 is 1. The maximum Gasteiger partial charge on any atom is 0.311 e. The molecule has 5 N–H and O–H groups in total. The molecule has 3 fully saturated rings. The van der Waals surface area contributed by atoms with Crippen molar-refractivity contribution in [2.24, 2.45) is 23.7 Å². The number of Topliss-reactive ketones (excluding diaryl/α,β-unsaturated/α-hetero) is 1. The Balaban J connectivity index is 2.18. The molecule has 0 radical (unpaired) electrons. The number of nitrogens with zero attached hydrogens (tertiary/aromatic N) is 1. The molecule has 0 aliphatic carbocycles. The summed E-state index contributed by atoms with van der Waals surface area (Å²) < 4.78 is 37.1. The summed E-state index contributed by atoms with van der Waals surface area (Å²) in [6.45, 7) is 16.3. The molecule has 0 spiro atoms. The van der Waals surface area contributed by atoms with Crippen LogP contribution in [0.15, 0.2) is 0 Å². The van der Waals surface area contributed by atoms with Crippen LogP contribution in [0.25, 0.3) is 0 Å². The van der Waals surface area contributed by atoms with E-state index in [1.165, 1.54) is 27.9 Å². The van der Waals surface area contributed by atoms with Crippen LogP contribution < -0.4 is 0 Å². The first kappa shape index (κ1) is 44.1. The van der Waals surface area contributed by atoms with Crippen molar-refractivity contribution in [3.63, 3.8) is 0 Å². The van der Waals surface area contributed by atoms with E-state index in [0.29, 0.717) is 6.42 Å². The lowest BCUT2D eigenvalue weighted by Crippen LogP contribution is -2.61. The number of ether oxygens (including phenoxy) is 6. The van der Waals surface area contributed by atoms with Gasteiger partial charge in [0, 0.05) is 37.3 Å². The number of hydrogen-bond acceptors (Lipinski definition) is 14. The summed E-state index contributed by atoms with van der Waals surface area (Å²) in [5.41, 5.74) is -4.84. The summed E-state index contributed by atoms with van der Waals surface area (Å²) >= 11 is 0. The molecule has 3 heterocycles. The van der Waals surface area contributed by atoms with Crippen LogP contribution in [0.1, 0.15) is 94.9 Å². The second-order valence-corrected chi connectivity index (χ2v) is 16.5. The third-order valence-electron chi connectivity index (χ3n) is 11.8. The Morgan fingerprint density at radius 1 is 0.882 bits per heavy atom. The van der Waals surface area contributed by atoms with Gasteiger partial charge >= 0.3 is 5.97 Å². The summed E-state index contributed by atoms with van der Waals surface area (Å²) in [5.74, 6) is -4.98. The molecule has 3 aliphatic heterocycles. The number of likely N-dealkylation sites (N-methyl/N-ethyl adjacent to an activating group) is 1. The molecule has 0 amide bonds. The zero-order chi connectivity index (χ0) is 39.0. The van der Waals surface area contributed by atoms with Crippen LogP contribution in [0, 0.1) is 23.7 Å². The molecule has 0 aromatic heterocycles. The quantitative estimate of drug-likeness (QED) is 0.238. The Morgan fingerprint density at radius 2 is 1.49 bits per heavy atom. The number of rotatable bonds is 7. The molecular formula is C37H67NO13. The van der Waals surface area contributed by atoms with Crippen LogP contribution in [0.3, 0.4) is 0 Å². The van der Waals surface area contributed by atoms with Gasteiger partial charge in [-0.05, 0) is 74.9 Å². The highest BCUT2D eigenvalue weighted by atomic mass is 16.7. The minimum Gasteiger partial charge on any atom is -0.459 e. The van der Waals surface area contributed by atoms with Crippen molar-refractivity contribution in [3.05, 3.63) is 0 Å². The van der Waals surface area contributed by atoms with Gasteiger partial charge in [-0.25, -0.2) is 0 Å². The highest BCUT2D eigenvalue weighted by Crippen LogP contribution is 2.40. The molecule has 51 heavy (non-hydrogen) atoms. The molecule has 3 aliphatic rings. The van der Waals surface area contributed by atoms with Crippen LogP contribution >= 0.6 is 0 Å². The number of carbonyl (C=O) groups is 2. The summed E-state index contributed by atoms with van der Waals surface area (Å²) in [5, 5.41) is 57.6. The van der Waals surface area contributed by atoms with Crippen LogP contribution in [-0.4, -0.2) is 148 Å². The summed E-state index contributed by atoms with van der Waals surface area (Å²) in [6.07, 6.45) is -9.71. The number of cyclic esters (lactones) is 1. The first-order chi connectivity index (χ1) is 23.4. The molecule has 3 rings (SSSR count). The molecule has 14 nitrogen and oxygen atoms in total. The molecule has 3 saturated heterocycles. The van der Waals surface area contributed by atoms with Crippen molar-refractivity contribution in [1.29, 1.82) is 0 Å². The lowest BCUT2D eigenvalue weighted by Gasteiger charge is -2.49. The molecular weight excluding hydrogens is 666 g/mol. The van der Waals surface area contributed by atoms with Gasteiger partial charge in [0.25, 0.3) is 0 Å². The fraction of sp³-hybridized carbons (Fsp3) is 0.946. The van der Waals surface area contributed by atoms with Gasteiger partial charge in [-0.1, -0.05) is 27.7 Å². The van der Waals surface area contributed by atoms with E-state index in [9.17, 15) is 35.1 Å². The lowest BCUT2D eigenvalue weighted by molar-refractivity contribution is -0.318. The Kier molecular flexibility index (Phi) is 14.7. The van der Waals surface area contributed by atoms with Crippen LogP contribution in [-0.2, 0) is 38.0 Å². The third kappa shape index (κ3) is 9.51. The molecule has 0 bridgehead atoms. The maximum atomic E-state index is 14.1. The SMILES string of the molecule is CCC1OC(=O)C(C)C(O[C@H]2C[C@@](C)(OC)[C@@H](O)C(C)O2)C(C)[C@@H](OC2OC(C)CC(N(C)C)[C@H]2O)[C@@](C)(O)C[C@@H](C)C(=O)[C@@H](C)[C@@H](O)[C@]1(C)O. The van der Waals surface area contributed by atoms with E-state index in [0.717, 1.165) is 0 Å². The van der Waals surface area contributed by atoms with E-state index in [1.807, 2.05) is 25.9 Å². The van der Waals surface area contributed by atoms with Crippen molar-refractivity contribution in [1.82, 2.24) is 4.90 Å². The smallest absolute Gasteiger partial charge is 0.311 e. The van der Waals surface area contributed by atoms with E-state index in [2.05, 4.69) is 0 Å². The van der Waals surface area contributed by atoms with Crippen LogP contribution in [0.5, 0.6) is 0 Å². The molecule has 0 aromatic carbocycles. The van der Waals surface area contributed by atoms with Crippen LogP contribution in [0.2, 0.25) is 0 Å². The van der Waals surface area contributed by atoms with E-state index < -0.39 is 108 Å². The average Bonchev–Trinajstić information content (AvgIpc) is 3.05. The van der Waals surface area contributed by atoms with Gasteiger partial charge in [-0.2, -0.15) is 0 Å². The van der Waals surface area contributed by atoms with Crippen molar-refractivity contribution in [2.75, 3.05) is 21.2 Å². The van der Waals surface area contributed by atoms with E-state index in [4.69, 9.17) is 28.4 Å². The fourth-order valence-corrected chi connectivity index (χ4v) is 8.41. The van der Waals surface area contributed by atoms with Crippen molar-refractivity contribution in [3.8, 4) is 0 Å². The normalized spacial score (nSPS) is 49.7. The summed E-state index contributed by atoms with van der Waals surface area (Å²) in [4.78, 5) is 29.8. The predicted octanol–water partition coefficient (Wildman–Crippen LogP) is 1.79. The minimum absolute atomic E-state index is 0.0936. The zero-order valence-corrected chi connectivity index (χ0v) is 32.9. The topological polar surface area (TPSA) is 194 Å². The summed E-state index contributed by atoms with van der Waals surface area (Å²) in [6, 6.07) is -0.324. The number of carbonyl (C=O) groups excluding carboxylic acids is 2. The third-order valence-corrected chi connectivity index (χ3v) is 11.8. The molecule has 0 aromatic rings. The van der Waals surface area contributed by atoms with Gasteiger partial charge in [-0.3, -0.25) is 9.59 Å². The predicted molar refractivity (Wildman–Crippen MR) is 186 cm³/mol. The van der Waals surface area contributed by atoms with E-state index in [1.54, 1.807) is 41.5 Å². The number of ketones is 1. The Morgan fingerprint density at radius 3 is 2.04 bits per heavy atom. The lowest BCUT2D eigenvalue weighted by atomic mass is 9.74. The van der Waals surface area contributed by atoms with E-state index in [-0.39, 0.29) is 31.4 Å². The fourth-order valence-electron chi connectivity index (χ4n) is 8.41.